The van der Waals surface area contributed by atoms with Crippen molar-refractivity contribution in [3.8, 4) is 10.8 Å². The summed E-state index contributed by atoms with van der Waals surface area (Å²) in [5.41, 5.74) is -0.522. The van der Waals surface area contributed by atoms with Crippen LogP contribution in [0.1, 0.15) is 39.5 Å². The summed E-state index contributed by atoms with van der Waals surface area (Å²) in [6.45, 7) is 6.84. The number of aromatic nitrogens is 3. The molecule has 0 aliphatic carbocycles. The van der Waals surface area contributed by atoms with Gasteiger partial charge in [-0.1, -0.05) is 11.3 Å². The standard InChI is InChI=1S/C16H19F2N5O3S/c1-16(2,3)26-15(24)23-8-4-9(23)7-22(6-8)14-19-5-10(27-14)12-20-21-13(25-12)11(17)18/h5,8-9,11H,4,6-7H2,1-3H3. The van der Waals surface area contributed by atoms with E-state index in [-0.39, 0.29) is 24.1 Å². The molecule has 3 aliphatic rings. The van der Waals surface area contributed by atoms with Gasteiger partial charge in [0, 0.05) is 13.1 Å². The zero-order chi connectivity index (χ0) is 19.3. The molecule has 2 aromatic heterocycles. The molecule has 3 saturated heterocycles. The molecule has 2 aromatic rings. The molecule has 0 radical (unpaired) electrons. The largest absolute Gasteiger partial charge is 0.444 e. The number of hydrogen-bond acceptors (Lipinski definition) is 8. The van der Waals surface area contributed by atoms with Crippen molar-refractivity contribution in [3.63, 3.8) is 0 Å². The summed E-state index contributed by atoms with van der Waals surface area (Å²) in [7, 11) is 0. The van der Waals surface area contributed by atoms with Gasteiger partial charge in [0.15, 0.2) is 5.13 Å². The van der Waals surface area contributed by atoms with E-state index in [0.29, 0.717) is 18.0 Å². The van der Waals surface area contributed by atoms with Crippen LogP contribution in [0.5, 0.6) is 0 Å². The highest BCUT2D eigenvalue weighted by Gasteiger charge is 2.49. The molecule has 1 amide bonds. The van der Waals surface area contributed by atoms with E-state index >= 15 is 0 Å². The van der Waals surface area contributed by atoms with Gasteiger partial charge in [-0.05, 0) is 27.2 Å². The maximum atomic E-state index is 12.6. The number of carbonyl (C=O) groups excluding carboxylic acids is 1. The molecule has 11 heteroatoms. The lowest BCUT2D eigenvalue weighted by atomic mass is 9.88. The van der Waals surface area contributed by atoms with Crippen LogP contribution >= 0.6 is 11.3 Å². The molecule has 2 atom stereocenters. The van der Waals surface area contributed by atoms with Gasteiger partial charge in [-0.25, -0.2) is 9.78 Å². The Labute approximate surface area is 158 Å². The predicted octanol–water partition coefficient (Wildman–Crippen LogP) is 3.33. The smallest absolute Gasteiger partial charge is 0.410 e. The monoisotopic (exact) mass is 399 g/mol. The van der Waals surface area contributed by atoms with Crippen molar-refractivity contribution in [3.05, 3.63) is 12.1 Å². The molecule has 0 N–H and O–H groups in total. The molecule has 2 bridgehead atoms. The first-order valence-corrected chi connectivity index (χ1v) is 9.37. The number of ether oxygens (including phenoxy) is 1. The predicted molar refractivity (Wildman–Crippen MR) is 92.8 cm³/mol. The van der Waals surface area contributed by atoms with E-state index in [0.717, 1.165) is 11.6 Å². The Kier molecular flexibility index (Phi) is 4.28. The lowest BCUT2D eigenvalue weighted by molar-refractivity contribution is -0.0379. The number of nitrogens with zero attached hydrogens (tertiary/aromatic N) is 5. The fraction of sp³-hybridized carbons (Fsp3) is 0.625. The summed E-state index contributed by atoms with van der Waals surface area (Å²) in [6.07, 6.45) is -0.607. The number of alkyl halides is 2. The van der Waals surface area contributed by atoms with Gasteiger partial charge in [-0.15, -0.1) is 10.2 Å². The highest BCUT2D eigenvalue weighted by molar-refractivity contribution is 7.18. The van der Waals surface area contributed by atoms with Gasteiger partial charge in [-0.3, -0.25) is 4.90 Å². The zero-order valence-electron chi connectivity index (χ0n) is 15.1. The Bertz CT molecular complexity index is 837. The fourth-order valence-corrected chi connectivity index (χ4v) is 4.17. The normalized spacial score (nSPS) is 22.1. The van der Waals surface area contributed by atoms with Gasteiger partial charge < -0.3 is 14.1 Å². The van der Waals surface area contributed by atoms with Crippen LogP contribution in [0.25, 0.3) is 10.8 Å². The molecule has 5 rings (SSSR count). The Balaban J connectivity index is 1.42. The second-order valence-corrected chi connectivity index (χ2v) is 8.60. The van der Waals surface area contributed by atoms with Gasteiger partial charge in [0.25, 0.3) is 11.8 Å². The molecular weight excluding hydrogens is 380 g/mol. The number of anilines is 1. The molecular formula is C16H19F2N5O3S. The van der Waals surface area contributed by atoms with Crippen molar-refractivity contribution in [1.82, 2.24) is 20.1 Å². The Morgan fingerprint density at radius 3 is 2.63 bits per heavy atom. The Morgan fingerprint density at radius 2 is 2.04 bits per heavy atom. The molecule has 5 heterocycles. The van der Waals surface area contributed by atoms with Gasteiger partial charge in [0.1, 0.15) is 10.5 Å². The van der Waals surface area contributed by atoms with E-state index < -0.39 is 17.9 Å². The number of fused-ring (bicyclic) bond motifs is 2. The highest BCUT2D eigenvalue weighted by Crippen LogP contribution is 2.38. The van der Waals surface area contributed by atoms with Crippen LogP contribution in [0, 0.1) is 0 Å². The SMILES string of the molecule is CC(C)(C)OC(=O)N1C2CC1CN(c1ncc(-c3nnc(C(F)F)o3)s1)C2. The van der Waals surface area contributed by atoms with E-state index in [1.807, 2.05) is 20.8 Å². The number of carbonyl (C=O) groups is 1. The molecule has 3 aliphatic heterocycles. The number of thiazole rings is 1. The van der Waals surface area contributed by atoms with Crippen molar-refractivity contribution in [2.45, 2.75) is 51.3 Å². The number of piperidine rings is 1. The minimum absolute atomic E-state index is 0.0339. The maximum absolute atomic E-state index is 12.6. The first-order chi connectivity index (χ1) is 12.7. The summed E-state index contributed by atoms with van der Waals surface area (Å²) >= 11 is 1.30. The van der Waals surface area contributed by atoms with Gasteiger partial charge in [-0.2, -0.15) is 8.78 Å². The van der Waals surface area contributed by atoms with Crippen molar-refractivity contribution in [2.75, 3.05) is 18.0 Å². The van der Waals surface area contributed by atoms with Crippen LogP contribution in [0.3, 0.4) is 0 Å². The fourth-order valence-electron chi connectivity index (χ4n) is 3.31. The lowest BCUT2D eigenvalue weighted by Crippen LogP contribution is -2.70. The van der Waals surface area contributed by atoms with E-state index in [1.54, 1.807) is 4.90 Å². The minimum Gasteiger partial charge on any atom is -0.444 e. The molecule has 27 heavy (non-hydrogen) atoms. The van der Waals surface area contributed by atoms with E-state index in [4.69, 9.17) is 9.15 Å². The third kappa shape index (κ3) is 3.47. The third-order valence-electron chi connectivity index (χ3n) is 4.40. The first-order valence-electron chi connectivity index (χ1n) is 8.55. The molecule has 2 unspecified atom stereocenters. The Hall–Kier alpha value is -2.30. The average Bonchev–Trinajstić information content (AvgIpc) is 3.22. The van der Waals surface area contributed by atoms with Crippen LogP contribution in [-0.2, 0) is 4.74 Å². The molecule has 0 saturated carbocycles. The number of piperazine rings is 1. The number of hydrogen-bond donors (Lipinski definition) is 0. The van der Waals surface area contributed by atoms with Crippen molar-refractivity contribution in [2.24, 2.45) is 0 Å². The summed E-state index contributed by atoms with van der Waals surface area (Å²) in [5, 5.41) is 7.71. The van der Waals surface area contributed by atoms with E-state index in [2.05, 4.69) is 20.1 Å². The second kappa shape index (κ2) is 6.39. The van der Waals surface area contributed by atoms with Crippen LogP contribution < -0.4 is 4.90 Å². The van der Waals surface area contributed by atoms with Crippen molar-refractivity contribution in [1.29, 1.82) is 0 Å². The number of halogens is 2. The first kappa shape index (κ1) is 18.1. The van der Waals surface area contributed by atoms with Gasteiger partial charge in [0.05, 0.1) is 18.3 Å². The van der Waals surface area contributed by atoms with Crippen LogP contribution in [0.4, 0.5) is 18.7 Å². The second-order valence-electron chi connectivity index (χ2n) is 7.59. The minimum atomic E-state index is -2.80. The summed E-state index contributed by atoms with van der Waals surface area (Å²) < 4.78 is 35.6. The van der Waals surface area contributed by atoms with Crippen LogP contribution in [0.15, 0.2) is 10.6 Å². The Morgan fingerprint density at radius 1 is 1.33 bits per heavy atom. The quantitative estimate of drug-likeness (QED) is 0.783. The van der Waals surface area contributed by atoms with Crippen molar-refractivity contribution < 1.29 is 22.7 Å². The zero-order valence-corrected chi connectivity index (χ0v) is 15.9. The van der Waals surface area contributed by atoms with Gasteiger partial charge in [0.2, 0.25) is 0 Å². The molecule has 8 nitrogen and oxygen atoms in total. The molecule has 146 valence electrons. The summed E-state index contributed by atoms with van der Waals surface area (Å²) in [6, 6.07) is 0.166. The van der Waals surface area contributed by atoms with E-state index in [9.17, 15) is 13.6 Å². The van der Waals surface area contributed by atoms with Gasteiger partial charge >= 0.3 is 12.5 Å². The molecule has 3 fully saturated rings. The maximum Gasteiger partial charge on any atom is 0.410 e. The average molecular weight is 399 g/mol. The highest BCUT2D eigenvalue weighted by atomic mass is 32.1. The molecule has 0 spiro atoms. The third-order valence-corrected chi connectivity index (χ3v) is 5.45. The van der Waals surface area contributed by atoms with Crippen LogP contribution in [0.2, 0.25) is 0 Å². The molecule has 0 aromatic carbocycles. The number of amides is 1. The van der Waals surface area contributed by atoms with E-state index in [1.165, 1.54) is 17.5 Å². The topological polar surface area (TPSA) is 84.6 Å². The number of rotatable bonds is 3. The van der Waals surface area contributed by atoms with Crippen molar-refractivity contribution >= 4 is 22.6 Å². The van der Waals surface area contributed by atoms with Crippen LogP contribution in [-0.4, -0.2) is 56.9 Å². The lowest BCUT2D eigenvalue weighted by Gasteiger charge is -2.55. The summed E-state index contributed by atoms with van der Waals surface area (Å²) in [4.78, 5) is 21.1. The summed E-state index contributed by atoms with van der Waals surface area (Å²) in [5.74, 6) is -0.668.